The third-order valence-electron chi connectivity index (χ3n) is 2.61. The van der Waals surface area contributed by atoms with Crippen LogP contribution in [-0.2, 0) is 11.3 Å². The van der Waals surface area contributed by atoms with Gasteiger partial charge in [-0.3, -0.25) is 4.79 Å². The second-order valence-corrected chi connectivity index (χ2v) is 3.79. The zero-order chi connectivity index (χ0) is 10.7. The predicted molar refractivity (Wildman–Crippen MR) is 53.8 cm³/mol. The van der Waals surface area contributed by atoms with Crippen LogP contribution in [0.3, 0.4) is 0 Å². The van der Waals surface area contributed by atoms with E-state index in [0.29, 0.717) is 25.2 Å². The molecular weight excluding hydrogens is 195 g/mol. The average molecular weight is 209 g/mol. The molecular formula is C11H14FN2O+. The lowest BCUT2D eigenvalue weighted by Gasteiger charge is -2.23. The van der Waals surface area contributed by atoms with Gasteiger partial charge in [-0.25, -0.2) is 4.39 Å². The van der Waals surface area contributed by atoms with Crippen LogP contribution in [-0.4, -0.2) is 25.5 Å². The van der Waals surface area contributed by atoms with Crippen LogP contribution in [0.5, 0.6) is 0 Å². The van der Waals surface area contributed by atoms with Crippen molar-refractivity contribution in [2.24, 2.45) is 0 Å². The molecule has 1 saturated heterocycles. The normalized spacial score (nSPS) is 21.1. The van der Waals surface area contributed by atoms with Gasteiger partial charge in [-0.2, -0.15) is 0 Å². The molecule has 0 aliphatic carbocycles. The number of nitrogens with one attached hydrogen (secondary N) is 2. The fraction of sp³-hybridized carbons (Fsp3) is 0.364. The van der Waals surface area contributed by atoms with Gasteiger partial charge in [0.25, 0.3) is 5.91 Å². The molecule has 0 aromatic heterocycles. The summed E-state index contributed by atoms with van der Waals surface area (Å²) in [5.41, 5.74) is 0.683. The number of halogens is 1. The summed E-state index contributed by atoms with van der Waals surface area (Å²) in [4.78, 5) is 12.2. The number of carbonyl (C=O) groups excluding carboxylic acids is 1. The molecule has 1 atom stereocenters. The van der Waals surface area contributed by atoms with Crippen LogP contribution in [0.25, 0.3) is 0 Å². The van der Waals surface area contributed by atoms with Gasteiger partial charge in [0.15, 0.2) is 6.54 Å². The Labute approximate surface area is 87.9 Å². The Morgan fingerprint density at radius 1 is 1.40 bits per heavy atom. The number of hydrogen-bond donors (Lipinski definition) is 2. The molecule has 1 aliphatic rings. The molecule has 0 saturated carbocycles. The molecule has 15 heavy (non-hydrogen) atoms. The Morgan fingerprint density at radius 2 is 2.20 bits per heavy atom. The van der Waals surface area contributed by atoms with Crippen molar-refractivity contribution in [1.29, 1.82) is 0 Å². The molecule has 1 aliphatic heterocycles. The summed E-state index contributed by atoms with van der Waals surface area (Å²) in [6, 6.07) is 6.73. The zero-order valence-electron chi connectivity index (χ0n) is 8.42. The summed E-state index contributed by atoms with van der Waals surface area (Å²) < 4.78 is 13.3. The van der Waals surface area contributed by atoms with Gasteiger partial charge < -0.3 is 10.2 Å². The standard InChI is InChI=1S/C11H13FN2O/c12-10-4-2-1-3-9(10)7-14-6-5-13-11(15)8-14/h1-4H,5-8H2,(H,13,15)/p+1. The van der Waals surface area contributed by atoms with Gasteiger partial charge in [0.2, 0.25) is 0 Å². The quantitative estimate of drug-likeness (QED) is 0.666. The maximum Gasteiger partial charge on any atom is 0.275 e. The van der Waals surface area contributed by atoms with Crippen molar-refractivity contribution in [3.8, 4) is 0 Å². The Balaban J connectivity index is 2.02. The van der Waals surface area contributed by atoms with Gasteiger partial charge in [0.1, 0.15) is 12.4 Å². The SMILES string of the molecule is O=C1C[NH+](Cc2ccccc2F)CCN1. The molecule has 0 spiro atoms. The largest absolute Gasteiger partial charge is 0.346 e. The van der Waals surface area contributed by atoms with E-state index in [9.17, 15) is 9.18 Å². The van der Waals surface area contributed by atoms with E-state index in [0.717, 1.165) is 11.4 Å². The Morgan fingerprint density at radius 3 is 2.93 bits per heavy atom. The number of carbonyl (C=O) groups is 1. The van der Waals surface area contributed by atoms with Crippen LogP contribution in [0, 0.1) is 5.82 Å². The minimum absolute atomic E-state index is 0.0487. The van der Waals surface area contributed by atoms with Crippen molar-refractivity contribution < 1.29 is 14.1 Å². The molecule has 1 amide bonds. The van der Waals surface area contributed by atoms with Crippen molar-refractivity contribution in [1.82, 2.24) is 5.32 Å². The van der Waals surface area contributed by atoms with Crippen molar-refractivity contribution in [2.75, 3.05) is 19.6 Å². The maximum absolute atomic E-state index is 13.3. The minimum Gasteiger partial charge on any atom is -0.346 e. The van der Waals surface area contributed by atoms with Gasteiger partial charge in [-0.15, -0.1) is 0 Å². The van der Waals surface area contributed by atoms with Crippen molar-refractivity contribution in [3.05, 3.63) is 35.6 Å². The van der Waals surface area contributed by atoms with E-state index in [2.05, 4.69) is 5.32 Å². The third-order valence-corrected chi connectivity index (χ3v) is 2.61. The molecule has 1 heterocycles. The highest BCUT2D eigenvalue weighted by molar-refractivity contribution is 5.77. The van der Waals surface area contributed by atoms with Crippen molar-refractivity contribution >= 4 is 5.91 Å². The van der Waals surface area contributed by atoms with E-state index in [4.69, 9.17) is 0 Å². The second kappa shape index (κ2) is 4.40. The molecule has 0 bridgehead atoms. The first-order valence-electron chi connectivity index (χ1n) is 5.09. The topological polar surface area (TPSA) is 33.5 Å². The molecule has 2 rings (SSSR count). The van der Waals surface area contributed by atoms with Gasteiger partial charge >= 0.3 is 0 Å². The summed E-state index contributed by atoms with van der Waals surface area (Å²) in [6.45, 7) is 2.57. The van der Waals surface area contributed by atoms with Crippen LogP contribution >= 0.6 is 0 Å². The van der Waals surface area contributed by atoms with Crippen LogP contribution in [0.4, 0.5) is 4.39 Å². The van der Waals surface area contributed by atoms with Gasteiger partial charge in [0.05, 0.1) is 13.1 Å². The number of rotatable bonds is 2. The van der Waals surface area contributed by atoms with Crippen molar-refractivity contribution in [3.63, 3.8) is 0 Å². The van der Waals surface area contributed by atoms with Gasteiger partial charge in [-0.1, -0.05) is 18.2 Å². The summed E-state index contributed by atoms with van der Waals surface area (Å²) in [7, 11) is 0. The Bertz CT molecular complexity index is 367. The molecule has 1 aromatic carbocycles. The summed E-state index contributed by atoms with van der Waals surface area (Å²) in [5.74, 6) is -0.136. The summed E-state index contributed by atoms with van der Waals surface area (Å²) in [5, 5.41) is 2.76. The van der Waals surface area contributed by atoms with Gasteiger partial charge in [-0.05, 0) is 6.07 Å². The van der Waals surface area contributed by atoms with E-state index in [-0.39, 0.29) is 11.7 Å². The van der Waals surface area contributed by atoms with E-state index < -0.39 is 0 Å². The molecule has 3 nitrogen and oxygen atoms in total. The first kappa shape index (κ1) is 10.1. The van der Waals surface area contributed by atoms with Gasteiger partial charge in [0, 0.05) is 5.56 Å². The zero-order valence-corrected chi connectivity index (χ0v) is 8.42. The Hall–Kier alpha value is -1.42. The molecule has 2 N–H and O–H groups in total. The van der Waals surface area contributed by atoms with Crippen LogP contribution in [0.1, 0.15) is 5.56 Å². The fourth-order valence-electron chi connectivity index (χ4n) is 1.82. The lowest BCUT2D eigenvalue weighted by Crippen LogP contribution is -3.14. The Kier molecular flexibility index (Phi) is 2.97. The predicted octanol–water partition coefficient (Wildman–Crippen LogP) is -0.660. The number of hydrogen-bond acceptors (Lipinski definition) is 1. The number of piperazine rings is 1. The van der Waals surface area contributed by atoms with E-state index in [1.807, 2.05) is 6.07 Å². The first-order valence-corrected chi connectivity index (χ1v) is 5.09. The molecule has 1 aromatic rings. The summed E-state index contributed by atoms with van der Waals surface area (Å²) in [6.07, 6.45) is 0. The van der Waals surface area contributed by atoms with Crippen LogP contribution in [0.2, 0.25) is 0 Å². The number of benzene rings is 1. The summed E-state index contributed by atoms with van der Waals surface area (Å²) >= 11 is 0. The smallest absolute Gasteiger partial charge is 0.275 e. The molecule has 1 fully saturated rings. The second-order valence-electron chi connectivity index (χ2n) is 3.79. The number of quaternary nitrogens is 1. The van der Waals surface area contributed by atoms with E-state index >= 15 is 0 Å². The lowest BCUT2D eigenvalue weighted by atomic mass is 10.2. The fourth-order valence-corrected chi connectivity index (χ4v) is 1.82. The monoisotopic (exact) mass is 209 g/mol. The minimum atomic E-state index is -0.184. The maximum atomic E-state index is 13.3. The third kappa shape index (κ3) is 2.53. The molecule has 4 heteroatoms. The molecule has 80 valence electrons. The lowest BCUT2D eigenvalue weighted by molar-refractivity contribution is -0.907. The van der Waals surface area contributed by atoms with Crippen LogP contribution < -0.4 is 10.2 Å². The highest BCUT2D eigenvalue weighted by atomic mass is 19.1. The van der Waals surface area contributed by atoms with E-state index in [1.54, 1.807) is 12.1 Å². The van der Waals surface area contributed by atoms with Crippen LogP contribution in [0.15, 0.2) is 24.3 Å². The molecule has 0 radical (unpaired) electrons. The highest BCUT2D eigenvalue weighted by Crippen LogP contribution is 2.04. The number of amides is 1. The first-order chi connectivity index (χ1) is 7.25. The average Bonchev–Trinajstić information content (AvgIpc) is 2.22. The van der Waals surface area contributed by atoms with E-state index in [1.165, 1.54) is 6.07 Å². The van der Waals surface area contributed by atoms with Crippen molar-refractivity contribution in [2.45, 2.75) is 6.54 Å². The highest BCUT2D eigenvalue weighted by Gasteiger charge is 2.20. The molecule has 1 unspecified atom stereocenters.